The van der Waals surface area contributed by atoms with Crippen molar-refractivity contribution < 1.29 is 14.7 Å². The molecule has 76 valence electrons. The first-order chi connectivity index (χ1) is 7.13. The lowest BCUT2D eigenvalue weighted by Crippen LogP contribution is -1.96. The number of carboxylic acids is 1. The zero-order valence-corrected chi connectivity index (χ0v) is 9.63. The van der Waals surface area contributed by atoms with Gasteiger partial charge < -0.3 is 5.11 Å². The van der Waals surface area contributed by atoms with Crippen molar-refractivity contribution in [3.8, 4) is 0 Å². The Balaban J connectivity index is 2.83. The van der Waals surface area contributed by atoms with E-state index in [2.05, 4.69) is 20.9 Å². The zero-order chi connectivity index (χ0) is 11.0. The van der Waals surface area contributed by atoms with Crippen LogP contribution in [-0.2, 0) is 0 Å². The number of hydrogen-bond donors (Lipinski definition) is 1. The quantitative estimate of drug-likeness (QED) is 0.861. The summed E-state index contributed by atoms with van der Waals surface area (Å²) in [6.07, 6.45) is 0.591. The van der Waals surface area contributed by atoms with Crippen LogP contribution in [0.15, 0.2) is 15.9 Å². The number of aromatic carboxylic acids is 1. The van der Waals surface area contributed by atoms with E-state index in [1.807, 2.05) is 0 Å². The van der Waals surface area contributed by atoms with Crippen LogP contribution in [0.4, 0.5) is 0 Å². The molecule has 0 saturated carbocycles. The molecule has 0 amide bonds. The summed E-state index contributed by atoms with van der Waals surface area (Å²) in [5.74, 6) is -1.04. The molecule has 2 aromatic rings. The summed E-state index contributed by atoms with van der Waals surface area (Å²) in [5, 5.41) is 10.4. The van der Waals surface area contributed by atoms with Crippen LogP contribution in [0.5, 0.6) is 0 Å². The second-order valence-corrected chi connectivity index (χ2v) is 4.51. The van der Waals surface area contributed by atoms with Crippen LogP contribution in [0.25, 0.3) is 10.2 Å². The number of carboxylic acid groups (broad SMARTS) is 1. The molecule has 4 nitrogen and oxygen atoms in total. The van der Waals surface area contributed by atoms with Crippen LogP contribution >= 0.6 is 27.3 Å². The third-order valence-corrected chi connectivity index (χ3v) is 3.74. The van der Waals surface area contributed by atoms with E-state index >= 15 is 0 Å². The van der Waals surface area contributed by atoms with Gasteiger partial charge in [0.1, 0.15) is 5.69 Å². The van der Waals surface area contributed by atoms with Crippen molar-refractivity contribution in [3.63, 3.8) is 0 Å². The first-order valence-corrected chi connectivity index (χ1v) is 5.57. The predicted molar refractivity (Wildman–Crippen MR) is 59.7 cm³/mol. The molecule has 0 aliphatic heterocycles. The van der Waals surface area contributed by atoms with Gasteiger partial charge in [0.05, 0.1) is 15.8 Å². The number of aldehydes is 1. The Kier molecular flexibility index (Phi) is 2.54. The van der Waals surface area contributed by atoms with Gasteiger partial charge in [-0.25, -0.2) is 9.78 Å². The van der Waals surface area contributed by atoms with Gasteiger partial charge in [-0.15, -0.1) is 11.3 Å². The minimum absolute atomic E-state index is 0.124. The van der Waals surface area contributed by atoms with Gasteiger partial charge in [0, 0.05) is 9.85 Å². The summed E-state index contributed by atoms with van der Waals surface area (Å²) in [7, 11) is 0. The minimum atomic E-state index is -1.04. The maximum absolute atomic E-state index is 10.8. The molecule has 2 aromatic heterocycles. The number of fused-ring (bicyclic) bond motifs is 1. The topological polar surface area (TPSA) is 67.3 Å². The van der Waals surface area contributed by atoms with Crippen molar-refractivity contribution in [2.24, 2.45) is 0 Å². The molecular formula is C9H4BrNO3S. The fourth-order valence-corrected chi connectivity index (χ4v) is 2.79. The molecule has 2 heterocycles. The van der Waals surface area contributed by atoms with Gasteiger partial charge in [0.25, 0.3) is 0 Å². The van der Waals surface area contributed by atoms with E-state index in [4.69, 9.17) is 5.11 Å². The maximum Gasteiger partial charge on any atom is 0.338 e. The Hall–Kier alpha value is -1.27. The molecule has 2 rings (SSSR count). The Labute approximate surface area is 96.7 Å². The molecule has 1 N–H and O–H groups in total. The van der Waals surface area contributed by atoms with Crippen LogP contribution in [0.1, 0.15) is 20.8 Å². The number of rotatable bonds is 2. The second kappa shape index (κ2) is 3.71. The van der Waals surface area contributed by atoms with E-state index < -0.39 is 5.97 Å². The standard InChI is InChI=1S/C9H4BrNO3S/c10-6-1-4(2-12)11-7-5(9(13)14)3-15-8(6)7/h1-3H,(H,13,14). The van der Waals surface area contributed by atoms with Crippen LogP contribution in [-0.4, -0.2) is 22.3 Å². The Bertz CT molecular complexity index is 564. The van der Waals surface area contributed by atoms with Crippen molar-refractivity contribution in [1.29, 1.82) is 0 Å². The second-order valence-electron chi connectivity index (χ2n) is 2.78. The molecule has 0 saturated heterocycles. The number of thiophene rings is 1. The van der Waals surface area contributed by atoms with Crippen LogP contribution < -0.4 is 0 Å². The smallest absolute Gasteiger partial charge is 0.338 e. The summed E-state index contributed by atoms with van der Waals surface area (Å²) < 4.78 is 1.42. The molecule has 0 aliphatic carbocycles. The fourth-order valence-electron chi connectivity index (χ4n) is 1.20. The van der Waals surface area contributed by atoms with Crippen LogP contribution in [0.2, 0.25) is 0 Å². The average Bonchev–Trinajstić information content (AvgIpc) is 2.61. The predicted octanol–water partition coefficient (Wildman–Crippen LogP) is 2.57. The van der Waals surface area contributed by atoms with Gasteiger partial charge in [-0.05, 0) is 22.0 Å². The lowest BCUT2D eigenvalue weighted by Gasteiger charge is -1.96. The van der Waals surface area contributed by atoms with Gasteiger partial charge in [-0.3, -0.25) is 4.79 Å². The molecule has 0 fully saturated rings. The SMILES string of the molecule is O=Cc1cc(Br)c2scc(C(=O)O)c2n1. The Morgan fingerprint density at radius 2 is 2.33 bits per heavy atom. The molecule has 0 radical (unpaired) electrons. The number of pyridine rings is 1. The third kappa shape index (κ3) is 1.66. The Morgan fingerprint density at radius 1 is 1.60 bits per heavy atom. The molecular weight excluding hydrogens is 282 g/mol. The highest BCUT2D eigenvalue weighted by molar-refractivity contribution is 9.10. The normalized spacial score (nSPS) is 10.5. The highest BCUT2D eigenvalue weighted by Crippen LogP contribution is 2.31. The van der Waals surface area contributed by atoms with Crippen molar-refractivity contribution in [3.05, 3.63) is 27.2 Å². The van der Waals surface area contributed by atoms with Gasteiger partial charge in [0.2, 0.25) is 0 Å². The lowest BCUT2D eigenvalue weighted by molar-refractivity contribution is 0.0699. The Morgan fingerprint density at radius 3 is 2.93 bits per heavy atom. The van der Waals surface area contributed by atoms with Crippen molar-refractivity contribution in [2.75, 3.05) is 0 Å². The minimum Gasteiger partial charge on any atom is -0.478 e. The molecule has 15 heavy (non-hydrogen) atoms. The average molecular weight is 286 g/mol. The van der Waals surface area contributed by atoms with E-state index in [-0.39, 0.29) is 11.3 Å². The summed E-state index contributed by atoms with van der Waals surface area (Å²) in [5.41, 5.74) is 0.693. The fraction of sp³-hybridized carbons (Fsp3) is 0. The summed E-state index contributed by atoms with van der Waals surface area (Å²) in [6.45, 7) is 0. The van der Waals surface area contributed by atoms with Gasteiger partial charge in [0.15, 0.2) is 6.29 Å². The van der Waals surface area contributed by atoms with E-state index in [1.165, 1.54) is 16.7 Å². The van der Waals surface area contributed by atoms with Crippen LogP contribution in [0.3, 0.4) is 0 Å². The molecule has 0 unspecified atom stereocenters. The molecule has 0 atom stereocenters. The molecule has 0 aromatic carbocycles. The maximum atomic E-state index is 10.8. The number of aromatic nitrogens is 1. The summed E-state index contributed by atoms with van der Waals surface area (Å²) >= 11 is 4.55. The monoisotopic (exact) mass is 285 g/mol. The number of carbonyl (C=O) groups excluding carboxylic acids is 1. The molecule has 0 aliphatic rings. The molecule has 6 heteroatoms. The van der Waals surface area contributed by atoms with Crippen molar-refractivity contribution in [2.45, 2.75) is 0 Å². The van der Waals surface area contributed by atoms with E-state index in [0.29, 0.717) is 16.3 Å². The number of hydrogen-bond acceptors (Lipinski definition) is 4. The van der Waals surface area contributed by atoms with E-state index in [9.17, 15) is 9.59 Å². The highest BCUT2D eigenvalue weighted by Gasteiger charge is 2.15. The third-order valence-electron chi connectivity index (χ3n) is 1.85. The first kappa shape index (κ1) is 10.3. The number of nitrogens with zero attached hydrogens (tertiary/aromatic N) is 1. The highest BCUT2D eigenvalue weighted by atomic mass is 79.9. The lowest BCUT2D eigenvalue weighted by atomic mass is 10.2. The number of carbonyl (C=O) groups is 2. The summed E-state index contributed by atoms with van der Waals surface area (Å²) in [4.78, 5) is 25.4. The van der Waals surface area contributed by atoms with E-state index in [0.717, 1.165) is 4.70 Å². The van der Waals surface area contributed by atoms with Gasteiger partial charge >= 0.3 is 5.97 Å². The molecule has 0 spiro atoms. The largest absolute Gasteiger partial charge is 0.478 e. The van der Waals surface area contributed by atoms with Crippen LogP contribution in [0, 0.1) is 0 Å². The summed E-state index contributed by atoms with van der Waals surface area (Å²) in [6, 6.07) is 1.57. The molecule has 0 bridgehead atoms. The number of halogens is 1. The van der Waals surface area contributed by atoms with Gasteiger partial charge in [-0.2, -0.15) is 0 Å². The van der Waals surface area contributed by atoms with E-state index in [1.54, 1.807) is 6.07 Å². The van der Waals surface area contributed by atoms with Crippen molar-refractivity contribution >= 4 is 49.7 Å². The van der Waals surface area contributed by atoms with Gasteiger partial charge in [-0.1, -0.05) is 0 Å². The zero-order valence-electron chi connectivity index (χ0n) is 7.23. The van der Waals surface area contributed by atoms with Crippen molar-refractivity contribution in [1.82, 2.24) is 4.98 Å². The first-order valence-electron chi connectivity index (χ1n) is 3.89.